The number of hydrogen-bond donors (Lipinski definition) is 1. The standard InChI is InChI=1S/C16H17Cl2NO/c17-15-7-6-12(8-16(15)18)10-20-11-14(9-19)13-4-2-1-3-5-13/h1-8,14H,9-11,19H2. The molecule has 0 amide bonds. The molecule has 2 N–H and O–H groups in total. The van der Waals surface area contributed by atoms with E-state index in [-0.39, 0.29) is 5.92 Å². The van der Waals surface area contributed by atoms with Crippen molar-refractivity contribution < 1.29 is 4.74 Å². The topological polar surface area (TPSA) is 35.2 Å². The Labute approximate surface area is 129 Å². The summed E-state index contributed by atoms with van der Waals surface area (Å²) in [5.74, 6) is 0.207. The van der Waals surface area contributed by atoms with Gasteiger partial charge in [0.05, 0.1) is 23.3 Å². The predicted octanol–water partition coefficient (Wildman–Crippen LogP) is 4.25. The Morgan fingerprint density at radius 2 is 1.75 bits per heavy atom. The first-order valence-electron chi connectivity index (χ1n) is 6.47. The Hall–Kier alpha value is -1.06. The zero-order valence-corrected chi connectivity index (χ0v) is 12.6. The van der Waals surface area contributed by atoms with Gasteiger partial charge in [0.2, 0.25) is 0 Å². The fourth-order valence-electron chi connectivity index (χ4n) is 1.97. The van der Waals surface area contributed by atoms with Crippen molar-refractivity contribution in [3.05, 3.63) is 69.7 Å². The Morgan fingerprint density at radius 1 is 1.00 bits per heavy atom. The minimum atomic E-state index is 0.207. The van der Waals surface area contributed by atoms with Gasteiger partial charge < -0.3 is 10.5 Å². The Balaban J connectivity index is 1.89. The third-order valence-corrected chi connectivity index (χ3v) is 3.87. The molecule has 0 aromatic heterocycles. The molecule has 4 heteroatoms. The van der Waals surface area contributed by atoms with Gasteiger partial charge >= 0.3 is 0 Å². The molecule has 2 rings (SSSR count). The van der Waals surface area contributed by atoms with Crippen LogP contribution in [0.5, 0.6) is 0 Å². The molecule has 20 heavy (non-hydrogen) atoms. The maximum atomic E-state index is 5.97. The van der Waals surface area contributed by atoms with Crippen molar-refractivity contribution in [2.24, 2.45) is 5.73 Å². The van der Waals surface area contributed by atoms with Gasteiger partial charge in [-0.25, -0.2) is 0 Å². The van der Waals surface area contributed by atoms with E-state index < -0.39 is 0 Å². The Bertz CT molecular complexity index is 545. The van der Waals surface area contributed by atoms with Crippen LogP contribution in [0.25, 0.3) is 0 Å². The third kappa shape index (κ3) is 4.22. The van der Waals surface area contributed by atoms with Crippen LogP contribution < -0.4 is 5.73 Å². The van der Waals surface area contributed by atoms with E-state index in [0.29, 0.717) is 29.8 Å². The van der Waals surface area contributed by atoms with E-state index in [4.69, 9.17) is 33.7 Å². The van der Waals surface area contributed by atoms with Crippen LogP contribution >= 0.6 is 23.2 Å². The van der Waals surface area contributed by atoms with Crippen LogP contribution in [0, 0.1) is 0 Å². The number of benzene rings is 2. The zero-order chi connectivity index (χ0) is 14.4. The molecule has 0 heterocycles. The summed E-state index contributed by atoms with van der Waals surface area (Å²) < 4.78 is 5.74. The van der Waals surface area contributed by atoms with Crippen LogP contribution in [0.15, 0.2) is 48.5 Å². The van der Waals surface area contributed by atoms with Crippen LogP contribution in [-0.4, -0.2) is 13.2 Å². The van der Waals surface area contributed by atoms with Crippen LogP contribution in [0.3, 0.4) is 0 Å². The molecule has 0 bridgehead atoms. The lowest BCUT2D eigenvalue weighted by molar-refractivity contribution is 0.108. The average Bonchev–Trinajstić information content (AvgIpc) is 2.48. The maximum Gasteiger partial charge on any atom is 0.0717 e. The molecule has 0 aliphatic rings. The highest BCUT2D eigenvalue weighted by molar-refractivity contribution is 6.42. The molecule has 0 aliphatic carbocycles. The van der Waals surface area contributed by atoms with E-state index in [9.17, 15) is 0 Å². The fraction of sp³-hybridized carbons (Fsp3) is 0.250. The SMILES string of the molecule is NCC(COCc1ccc(Cl)c(Cl)c1)c1ccccc1. The first-order valence-corrected chi connectivity index (χ1v) is 7.23. The molecule has 0 spiro atoms. The molecule has 0 radical (unpaired) electrons. The van der Waals surface area contributed by atoms with Crippen LogP contribution in [0.4, 0.5) is 0 Å². The summed E-state index contributed by atoms with van der Waals surface area (Å²) >= 11 is 11.8. The van der Waals surface area contributed by atoms with Gasteiger partial charge in [0.15, 0.2) is 0 Å². The monoisotopic (exact) mass is 309 g/mol. The lowest BCUT2D eigenvalue weighted by Crippen LogP contribution is -2.18. The minimum Gasteiger partial charge on any atom is -0.376 e. The van der Waals surface area contributed by atoms with Crippen molar-refractivity contribution in [3.63, 3.8) is 0 Å². The van der Waals surface area contributed by atoms with Crippen molar-refractivity contribution in [1.29, 1.82) is 0 Å². The molecule has 2 nitrogen and oxygen atoms in total. The van der Waals surface area contributed by atoms with Crippen molar-refractivity contribution >= 4 is 23.2 Å². The quantitative estimate of drug-likeness (QED) is 0.865. The van der Waals surface area contributed by atoms with E-state index >= 15 is 0 Å². The summed E-state index contributed by atoms with van der Waals surface area (Å²) in [5, 5.41) is 1.10. The molecule has 0 saturated heterocycles. The lowest BCUT2D eigenvalue weighted by atomic mass is 10.0. The summed E-state index contributed by atoms with van der Waals surface area (Å²) in [6.07, 6.45) is 0. The second-order valence-corrected chi connectivity index (χ2v) is 5.42. The fourth-order valence-corrected chi connectivity index (χ4v) is 2.29. The Kier molecular flexibility index (Phi) is 5.86. The second kappa shape index (κ2) is 7.65. The van der Waals surface area contributed by atoms with Crippen LogP contribution in [0.1, 0.15) is 17.0 Å². The molecule has 1 atom stereocenters. The molecule has 0 fully saturated rings. The first kappa shape index (κ1) is 15.3. The molecule has 0 aliphatic heterocycles. The first-order chi connectivity index (χ1) is 9.70. The highest BCUT2D eigenvalue weighted by Gasteiger charge is 2.09. The Morgan fingerprint density at radius 3 is 2.40 bits per heavy atom. The van der Waals surface area contributed by atoms with Gasteiger partial charge in [-0.1, -0.05) is 59.6 Å². The van der Waals surface area contributed by atoms with Gasteiger partial charge in [-0.2, -0.15) is 0 Å². The summed E-state index contributed by atoms with van der Waals surface area (Å²) in [6, 6.07) is 15.7. The van der Waals surface area contributed by atoms with Crippen LogP contribution in [-0.2, 0) is 11.3 Å². The third-order valence-electron chi connectivity index (χ3n) is 3.13. The number of nitrogens with two attached hydrogens (primary N) is 1. The summed E-state index contributed by atoms with van der Waals surface area (Å²) in [5.41, 5.74) is 8.01. The second-order valence-electron chi connectivity index (χ2n) is 4.61. The van der Waals surface area contributed by atoms with Crippen molar-refractivity contribution in [3.8, 4) is 0 Å². The largest absolute Gasteiger partial charge is 0.376 e. The van der Waals surface area contributed by atoms with Crippen molar-refractivity contribution in [1.82, 2.24) is 0 Å². The summed E-state index contributed by atoms with van der Waals surface area (Å²) in [7, 11) is 0. The van der Waals surface area contributed by atoms with Gasteiger partial charge in [-0.15, -0.1) is 0 Å². The maximum absolute atomic E-state index is 5.97. The van der Waals surface area contributed by atoms with E-state index in [0.717, 1.165) is 5.56 Å². The number of rotatable bonds is 6. The highest BCUT2D eigenvalue weighted by atomic mass is 35.5. The van der Waals surface area contributed by atoms with Gasteiger partial charge in [-0.3, -0.25) is 0 Å². The van der Waals surface area contributed by atoms with Crippen molar-refractivity contribution in [2.45, 2.75) is 12.5 Å². The smallest absolute Gasteiger partial charge is 0.0717 e. The molecule has 1 unspecified atom stereocenters. The molecular formula is C16H17Cl2NO. The average molecular weight is 310 g/mol. The number of ether oxygens (including phenoxy) is 1. The minimum absolute atomic E-state index is 0.207. The van der Waals surface area contributed by atoms with E-state index in [2.05, 4.69) is 12.1 Å². The van der Waals surface area contributed by atoms with Gasteiger partial charge in [-0.05, 0) is 23.3 Å². The predicted molar refractivity (Wildman–Crippen MR) is 84.4 cm³/mol. The summed E-state index contributed by atoms with van der Waals surface area (Å²) in [4.78, 5) is 0. The molecule has 2 aromatic carbocycles. The number of hydrogen-bond acceptors (Lipinski definition) is 2. The number of halogens is 2. The van der Waals surface area contributed by atoms with E-state index in [1.54, 1.807) is 6.07 Å². The highest BCUT2D eigenvalue weighted by Crippen LogP contribution is 2.23. The molecular weight excluding hydrogens is 293 g/mol. The molecule has 0 saturated carbocycles. The van der Waals surface area contributed by atoms with Gasteiger partial charge in [0, 0.05) is 12.5 Å². The van der Waals surface area contributed by atoms with Crippen LogP contribution in [0.2, 0.25) is 10.0 Å². The molecule has 106 valence electrons. The van der Waals surface area contributed by atoms with E-state index in [1.807, 2.05) is 30.3 Å². The summed E-state index contributed by atoms with van der Waals surface area (Å²) in [6.45, 7) is 1.65. The lowest BCUT2D eigenvalue weighted by Gasteiger charge is -2.15. The zero-order valence-electron chi connectivity index (χ0n) is 11.1. The molecule has 2 aromatic rings. The van der Waals surface area contributed by atoms with Gasteiger partial charge in [0.1, 0.15) is 0 Å². The normalized spacial score (nSPS) is 12.3. The van der Waals surface area contributed by atoms with Gasteiger partial charge in [0.25, 0.3) is 0 Å². The van der Waals surface area contributed by atoms with E-state index in [1.165, 1.54) is 5.56 Å². The van der Waals surface area contributed by atoms with Crippen molar-refractivity contribution in [2.75, 3.05) is 13.2 Å².